The van der Waals surface area contributed by atoms with Gasteiger partial charge in [-0.2, -0.15) is 0 Å². The minimum absolute atomic E-state index is 0.0481. The molecule has 9 nitrogen and oxygen atoms in total. The van der Waals surface area contributed by atoms with Crippen molar-refractivity contribution in [2.45, 2.75) is 206 Å². The number of carbonyl (C=O) groups is 1. The molecule has 0 aliphatic carbocycles. The van der Waals surface area contributed by atoms with Crippen molar-refractivity contribution in [3.8, 4) is 0 Å². The molecule has 0 saturated heterocycles. The first kappa shape index (κ1) is 52.7. The van der Waals surface area contributed by atoms with E-state index in [1.54, 1.807) is 0 Å². The highest BCUT2D eigenvalue weighted by molar-refractivity contribution is 7.47. The van der Waals surface area contributed by atoms with Gasteiger partial charge in [-0.1, -0.05) is 172 Å². The fourth-order valence-electron chi connectivity index (χ4n) is 5.95. The zero-order valence-electron chi connectivity index (χ0n) is 34.7. The zero-order chi connectivity index (χ0) is 39.6. The molecule has 3 unspecified atom stereocenters. The van der Waals surface area contributed by atoms with Gasteiger partial charge in [0.15, 0.2) is 0 Å². The maximum Gasteiger partial charge on any atom is 0.472 e. The van der Waals surface area contributed by atoms with Gasteiger partial charge in [0.1, 0.15) is 12.2 Å². The van der Waals surface area contributed by atoms with Gasteiger partial charge in [-0.3, -0.25) is 13.8 Å². The lowest BCUT2D eigenvalue weighted by atomic mass is 10.1. The molecule has 0 aromatic heterocycles. The Kier molecular flexibility index (Phi) is 40.3. The lowest BCUT2D eigenvalue weighted by Gasteiger charge is -2.20. The minimum Gasteiger partial charge on any atom is -0.457 e. The van der Waals surface area contributed by atoms with Crippen LogP contribution in [0.2, 0.25) is 0 Å². The van der Waals surface area contributed by atoms with Crippen molar-refractivity contribution in [3.05, 3.63) is 36.5 Å². The van der Waals surface area contributed by atoms with Gasteiger partial charge >= 0.3 is 13.8 Å². The van der Waals surface area contributed by atoms with Crippen LogP contribution in [-0.4, -0.2) is 66.3 Å². The molecule has 0 aromatic rings. The van der Waals surface area contributed by atoms with Gasteiger partial charge in [0, 0.05) is 13.0 Å². The third-order valence-electron chi connectivity index (χ3n) is 9.33. The number of hydrogen-bond acceptors (Lipinski definition) is 8. The number of esters is 1. The fraction of sp³-hybridized carbons (Fsp3) is 0.841. The van der Waals surface area contributed by atoms with E-state index in [-0.39, 0.29) is 25.6 Å². The number of phosphoric ester groups is 1. The molecule has 0 fully saturated rings. The van der Waals surface area contributed by atoms with E-state index in [4.69, 9.17) is 23.6 Å². The van der Waals surface area contributed by atoms with Crippen LogP contribution in [0.4, 0.5) is 0 Å². The first-order valence-corrected chi connectivity index (χ1v) is 23.5. The largest absolute Gasteiger partial charge is 0.472 e. The van der Waals surface area contributed by atoms with Crippen LogP contribution in [0, 0.1) is 0 Å². The van der Waals surface area contributed by atoms with Crippen molar-refractivity contribution < 1.29 is 43.0 Å². The average molecular weight is 787 g/mol. The van der Waals surface area contributed by atoms with Gasteiger partial charge in [0.05, 0.1) is 26.4 Å². The van der Waals surface area contributed by atoms with Crippen molar-refractivity contribution >= 4 is 13.8 Å². The molecule has 0 aliphatic heterocycles. The summed E-state index contributed by atoms with van der Waals surface area (Å²) >= 11 is 0. The van der Waals surface area contributed by atoms with Crippen LogP contribution >= 0.6 is 7.82 Å². The van der Waals surface area contributed by atoms with Crippen LogP contribution in [0.15, 0.2) is 36.5 Å². The SMILES string of the molecule is CCCCCCC/C=C\C/C=C\C/C=C\CCCCCCCCCCC(=O)OC(COCCCCCCCCCCCC)COP(=O)(O)OCC(O)CO. The van der Waals surface area contributed by atoms with E-state index >= 15 is 0 Å². The monoisotopic (exact) mass is 787 g/mol. The molecule has 3 N–H and O–H groups in total. The number of carbonyl (C=O) groups excluding carboxylic acids is 1. The number of hydrogen-bond donors (Lipinski definition) is 3. The molecule has 0 radical (unpaired) electrons. The topological polar surface area (TPSA) is 132 Å². The Hall–Kier alpha value is -1.32. The standard InChI is InChI=1S/C44H83O9P/c1-3-5-7-9-11-13-15-16-17-18-19-20-21-22-23-24-25-26-27-28-30-32-34-36-44(47)53-43(41-52-54(48,49)51-39-42(46)38-45)40-50-37-35-33-31-29-14-12-10-8-6-4-2/h15-16,18-19,21-22,42-43,45-46H,3-14,17,20,23-41H2,1-2H3,(H,48,49)/b16-15-,19-18-,22-21-. The van der Waals surface area contributed by atoms with Crippen LogP contribution in [0.1, 0.15) is 194 Å². The molecule has 0 spiro atoms. The van der Waals surface area contributed by atoms with E-state index in [9.17, 15) is 19.4 Å². The molecule has 0 aromatic carbocycles. The second kappa shape index (κ2) is 41.3. The molecular formula is C44H83O9P. The second-order valence-corrected chi connectivity index (χ2v) is 16.2. The van der Waals surface area contributed by atoms with Crippen molar-refractivity contribution in [2.75, 3.05) is 33.0 Å². The normalized spacial score (nSPS) is 14.4. The summed E-state index contributed by atoms with van der Waals surface area (Å²) in [5, 5.41) is 18.3. The summed E-state index contributed by atoms with van der Waals surface area (Å²) < 4.78 is 33.3. The Balaban J connectivity index is 4.09. The van der Waals surface area contributed by atoms with E-state index < -0.39 is 33.2 Å². The molecule has 0 saturated carbocycles. The molecule has 318 valence electrons. The van der Waals surface area contributed by atoms with Crippen molar-refractivity contribution in [1.29, 1.82) is 0 Å². The highest BCUT2D eigenvalue weighted by Gasteiger charge is 2.26. The Morgan fingerprint density at radius 1 is 0.574 bits per heavy atom. The molecule has 0 aliphatic rings. The van der Waals surface area contributed by atoms with Gasteiger partial charge in [-0.25, -0.2) is 4.57 Å². The number of aliphatic hydroxyl groups is 2. The lowest BCUT2D eigenvalue weighted by Crippen LogP contribution is -2.29. The smallest absolute Gasteiger partial charge is 0.457 e. The summed E-state index contributed by atoms with van der Waals surface area (Å²) in [4.78, 5) is 22.5. The van der Waals surface area contributed by atoms with Crippen molar-refractivity contribution in [1.82, 2.24) is 0 Å². The van der Waals surface area contributed by atoms with Crippen LogP contribution in [0.5, 0.6) is 0 Å². The maximum absolute atomic E-state index is 12.6. The van der Waals surface area contributed by atoms with E-state index in [0.717, 1.165) is 64.2 Å². The van der Waals surface area contributed by atoms with Crippen LogP contribution < -0.4 is 0 Å². The third kappa shape index (κ3) is 40.3. The maximum atomic E-state index is 12.6. The minimum atomic E-state index is -4.51. The number of ether oxygens (including phenoxy) is 2. The van der Waals surface area contributed by atoms with Gasteiger partial charge in [0.2, 0.25) is 0 Å². The van der Waals surface area contributed by atoms with Crippen molar-refractivity contribution in [2.24, 2.45) is 0 Å². The van der Waals surface area contributed by atoms with Gasteiger partial charge in [-0.15, -0.1) is 0 Å². The summed E-state index contributed by atoms with van der Waals surface area (Å²) in [6.07, 6.45) is 43.9. The Bertz CT molecular complexity index is 939. The van der Waals surface area contributed by atoms with Crippen molar-refractivity contribution in [3.63, 3.8) is 0 Å². The second-order valence-electron chi connectivity index (χ2n) is 14.7. The summed E-state index contributed by atoms with van der Waals surface area (Å²) in [7, 11) is -4.51. The predicted octanol–water partition coefficient (Wildman–Crippen LogP) is 12.0. The van der Waals surface area contributed by atoms with E-state index in [1.807, 2.05) is 0 Å². The third-order valence-corrected chi connectivity index (χ3v) is 10.3. The summed E-state index contributed by atoms with van der Waals surface area (Å²) in [6.45, 7) is 3.50. The van der Waals surface area contributed by atoms with Gasteiger partial charge < -0.3 is 24.6 Å². The quantitative estimate of drug-likeness (QED) is 0.0239. The zero-order valence-corrected chi connectivity index (χ0v) is 35.6. The highest BCUT2D eigenvalue weighted by atomic mass is 31.2. The molecule has 0 bridgehead atoms. The number of unbranched alkanes of at least 4 members (excludes halogenated alkanes) is 22. The van der Waals surface area contributed by atoms with Crippen LogP contribution in [-0.2, 0) is 27.9 Å². The Morgan fingerprint density at radius 3 is 1.50 bits per heavy atom. The first-order valence-electron chi connectivity index (χ1n) is 22.0. The molecule has 0 amide bonds. The predicted molar refractivity (Wildman–Crippen MR) is 224 cm³/mol. The molecule has 0 heterocycles. The molecular weight excluding hydrogens is 703 g/mol. The number of rotatable bonds is 42. The molecule has 3 atom stereocenters. The number of allylic oxidation sites excluding steroid dienone is 6. The van der Waals surface area contributed by atoms with Crippen LogP contribution in [0.25, 0.3) is 0 Å². The summed E-state index contributed by atoms with van der Waals surface area (Å²) in [6, 6.07) is 0. The number of aliphatic hydroxyl groups excluding tert-OH is 2. The molecule has 10 heteroatoms. The number of phosphoric acid groups is 1. The Morgan fingerprint density at radius 2 is 1.00 bits per heavy atom. The Labute approximate surface area is 331 Å². The van der Waals surface area contributed by atoms with Crippen LogP contribution in [0.3, 0.4) is 0 Å². The summed E-state index contributed by atoms with van der Waals surface area (Å²) in [5.74, 6) is -0.389. The van der Waals surface area contributed by atoms with E-state index in [0.29, 0.717) is 6.61 Å². The highest BCUT2D eigenvalue weighted by Crippen LogP contribution is 2.43. The van der Waals surface area contributed by atoms with E-state index in [2.05, 4.69) is 50.3 Å². The van der Waals surface area contributed by atoms with E-state index in [1.165, 1.54) is 109 Å². The molecule has 0 rings (SSSR count). The fourth-order valence-corrected chi connectivity index (χ4v) is 6.74. The average Bonchev–Trinajstić information content (AvgIpc) is 3.16. The lowest BCUT2D eigenvalue weighted by molar-refractivity contribution is -0.154. The van der Waals surface area contributed by atoms with Gasteiger partial charge in [-0.05, 0) is 51.4 Å². The first-order chi connectivity index (χ1) is 26.3. The summed E-state index contributed by atoms with van der Waals surface area (Å²) in [5.41, 5.74) is 0. The van der Waals surface area contributed by atoms with Gasteiger partial charge in [0.25, 0.3) is 0 Å². The molecule has 54 heavy (non-hydrogen) atoms.